The molecule has 0 spiro atoms. The average Bonchev–Trinajstić information content (AvgIpc) is 3.06. The van der Waals surface area contributed by atoms with Crippen LogP contribution in [0.15, 0.2) is 71.9 Å². The number of nitrogens with zero attached hydrogens (tertiary/aromatic N) is 6. The van der Waals surface area contributed by atoms with Crippen molar-refractivity contribution in [2.24, 2.45) is 0 Å². The van der Waals surface area contributed by atoms with E-state index in [1.165, 1.54) is 17.1 Å². The van der Waals surface area contributed by atoms with E-state index in [1.807, 2.05) is 45.2 Å². The second-order valence-electron chi connectivity index (χ2n) is 12.7. The van der Waals surface area contributed by atoms with Crippen molar-refractivity contribution in [2.75, 3.05) is 42.2 Å². The third-order valence-electron chi connectivity index (χ3n) is 8.35. The summed E-state index contributed by atoms with van der Waals surface area (Å²) < 4.78 is 12.0. The second-order valence-corrected chi connectivity index (χ2v) is 13.5. The fourth-order valence-corrected chi connectivity index (χ4v) is 6.56. The number of anilines is 2. The number of piperazine rings is 1. The van der Waals surface area contributed by atoms with Gasteiger partial charge < -0.3 is 24.2 Å². The van der Waals surface area contributed by atoms with Crippen LogP contribution in [0.4, 0.5) is 16.3 Å². The summed E-state index contributed by atoms with van der Waals surface area (Å²) in [4.78, 5) is 29.3. The Bertz CT molecular complexity index is 1750. The molecule has 1 amide bonds. The van der Waals surface area contributed by atoms with Crippen LogP contribution in [0.3, 0.4) is 0 Å². The van der Waals surface area contributed by atoms with E-state index < -0.39 is 5.60 Å². The lowest BCUT2D eigenvalue weighted by Gasteiger charge is -2.42. The Hall–Kier alpha value is -4.49. The lowest BCUT2D eigenvalue weighted by atomic mass is 10.0. The monoisotopic (exact) mass is 636 g/mol. The van der Waals surface area contributed by atoms with E-state index in [0.29, 0.717) is 37.9 Å². The molecule has 10 heteroatoms. The number of nitriles is 1. The van der Waals surface area contributed by atoms with Gasteiger partial charge in [-0.2, -0.15) is 5.26 Å². The summed E-state index contributed by atoms with van der Waals surface area (Å²) in [6.45, 7) is 9.10. The average molecular weight is 637 g/mol. The molecular weight excluding hydrogens is 597 g/mol. The number of ether oxygens (including phenoxy) is 2. The molecule has 6 rings (SSSR count). The van der Waals surface area contributed by atoms with Crippen molar-refractivity contribution in [3.05, 3.63) is 83.6 Å². The molecule has 9 nitrogen and oxygen atoms in total. The van der Waals surface area contributed by atoms with Crippen LogP contribution in [-0.2, 0) is 24.3 Å². The highest BCUT2D eigenvalue weighted by atomic mass is 32.2. The van der Waals surface area contributed by atoms with Crippen molar-refractivity contribution in [3.8, 4) is 11.8 Å². The van der Waals surface area contributed by atoms with Gasteiger partial charge in [-0.1, -0.05) is 66.4 Å². The van der Waals surface area contributed by atoms with Crippen molar-refractivity contribution in [1.82, 2.24) is 14.9 Å². The van der Waals surface area contributed by atoms with E-state index in [4.69, 9.17) is 19.4 Å². The number of hydrogen-bond donors (Lipinski definition) is 0. The van der Waals surface area contributed by atoms with Crippen molar-refractivity contribution >= 4 is 40.1 Å². The fourth-order valence-electron chi connectivity index (χ4n) is 6.19. The summed E-state index contributed by atoms with van der Waals surface area (Å²) in [5, 5.41) is 12.6. The van der Waals surface area contributed by atoms with Gasteiger partial charge in [-0.25, -0.2) is 14.8 Å². The first-order valence-electron chi connectivity index (χ1n) is 15.7. The molecular formula is C36H40N6O3S. The number of rotatable bonds is 7. The Labute approximate surface area is 275 Å². The summed E-state index contributed by atoms with van der Waals surface area (Å²) >= 11 is 1.52. The fraction of sp³-hybridized carbons (Fsp3) is 0.389. The van der Waals surface area contributed by atoms with Crippen LogP contribution in [0, 0.1) is 11.3 Å². The quantitative estimate of drug-likeness (QED) is 0.160. The summed E-state index contributed by atoms with van der Waals surface area (Å²) in [6.07, 6.45) is 2.62. The maximum Gasteiger partial charge on any atom is 0.410 e. The molecule has 0 unspecified atom stereocenters. The normalized spacial score (nSPS) is 16.6. The van der Waals surface area contributed by atoms with Gasteiger partial charge in [0.2, 0.25) is 0 Å². The molecule has 238 valence electrons. The summed E-state index contributed by atoms with van der Waals surface area (Å²) in [5.41, 5.74) is 3.79. The number of aromatic nitrogens is 2. The highest BCUT2D eigenvalue weighted by Gasteiger charge is 2.35. The van der Waals surface area contributed by atoms with Crippen molar-refractivity contribution in [2.45, 2.75) is 63.6 Å². The lowest BCUT2D eigenvalue weighted by molar-refractivity contribution is 0.0144. The van der Waals surface area contributed by atoms with Gasteiger partial charge in [0, 0.05) is 48.9 Å². The van der Waals surface area contributed by atoms with Crippen molar-refractivity contribution < 1.29 is 14.3 Å². The molecule has 0 saturated carbocycles. The zero-order valence-electron chi connectivity index (χ0n) is 26.9. The van der Waals surface area contributed by atoms with E-state index in [9.17, 15) is 10.1 Å². The molecule has 3 heterocycles. The van der Waals surface area contributed by atoms with Crippen LogP contribution in [-0.4, -0.2) is 65.0 Å². The van der Waals surface area contributed by atoms with Crippen LogP contribution < -0.4 is 14.5 Å². The van der Waals surface area contributed by atoms with Crippen molar-refractivity contribution in [3.63, 3.8) is 0 Å². The predicted molar refractivity (Wildman–Crippen MR) is 182 cm³/mol. The molecule has 2 aliphatic heterocycles. The molecule has 46 heavy (non-hydrogen) atoms. The number of fused-ring (bicyclic) bond motifs is 2. The SMILES string of the molecule is CSc1nc2c(c(N3CCN(C(=O)OC(C)(C)C)[C@@H](CC#N)C3)n1)CCN(c1cc(OCc3ccccc3)cc3ccccc13)C2. The van der Waals surface area contributed by atoms with E-state index in [2.05, 4.69) is 64.4 Å². The van der Waals surface area contributed by atoms with E-state index in [1.54, 1.807) is 4.90 Å². The van der Waals surface area contributed by atoms with Crippen molar-refractivity contribution in [1.29, 1.82) is 5.26 Å². The van der Waals surface area contributed by atoms with Crippen LogP contribution in [0.1, 0.15) is 44.0 Å². The Morgan fingerprint density at radius 1 is 1.02 bits per heavy atom. The molecule has 0 N–H and O–H groups in total. The largest absolute Gasteiger partial charge is 0.489 e. The molecule has 3 aromatic carbocycles. The minimum Gasteiger partial charge on any atom is -0.489 e. The van der Waals surface area contributed by atoms with Crippen LogP contribution in [0.2, 0.25) is 0 Å². The number of carbonyl (C=O) groups excluding carboxylic acids is 1. The standard InChI is InChI=1S/C36H40N6O3S/c1-36(2,3)45-35(43)42-19-18-41(22-27(42)14-16-37)33-30-15-17-40(23-31(30)38-34(39-33)46-4)32-21-28(20-26-12-8-9-13-29(26)32)44-24-25-10-6-5-7-11-25/h5-13,20-21,27H,14-15,17-19,22-24H2,1-4H3/t27-/m0/s1. The summed E-state index contributed by atoms with van der Waals surface area (Å²) in [6, 6.07) is 24.9. The van der Waals surface area contributed by atoms with Gasteiger partial charge in [-0.05, 0) is 50.5 Å². The first-order valence-corrected chi connectivity index (χ1v) is 16.9. The van der Waals surface area contributed by atoms with Gasteiger partial charge in [-0.15, -0.1) is 0 Å². The Kier molecular flexibility index (Phi) is 9.22. The van der Waals surface area contributed by atoms with E-state index in [-0.39, 0.29) is 18.6 Å². The third-order valence-corrected chi connectivity index (χ3v) is 8.89. The minimum atomic E-state index is -0.602. The maximum atomic E-state index is 13.0. The molecule has 1 atom stereocenters. The molecule has 4 aromatic rings. The topological polar surface area (TPSA) is 94.8 Å². The number of hydrogen-bond acceptors (Lipinski definition) is 9. The van der Waals surface area contributed by atoms with Gasteiger partial charge >= 0.3 is 6.09 Å². The zero-order chi connectivity index (χ0) is 32.3. The predicted octanol–water partition coefficient (Wildman–Crippen LogP) is 6.83. The van der Waals surface area contributed by atoms with E-state index in [0.717, 1.165) is 52.4 Å². The summed E-state index contributed by atoms with van der Waals surface area (Å²) in [7, 11) is 0. The Balaban J connectivity index is 1.27. The van der Waals surface area contributed by atoms with Gasteiger partial charge in [0.15, 0.2) is 5.16 Å². The Morgan fingerprint density at radius 3 is 2.57 bits per heavy atom. The van der Waals surface area contributed by atoms with Gasteiger partial charge in [0.1, 0.15) is 23.8 Å². The van der Waals surface area contributed by atoms with Gasteiger partial charge in [0.25, 0.3) is 0 Å². The zero-order valence-corrected chi connectivity index (χ0v) is 27.7. The highest BCUT2D eigenvalue weighted by Crippen LogP contribution is 2.37. The molecule has 0 radical (unpaired) electrons. The van der Waals surface area contributed by atoms with Gasteiger partial charge in [0.05, 0.1) is 30.8 Å². The molecule has 0 bridgehead atoms. The molecule has 0 aliphatic carbocycles. The van der Waals surface area contributed by atoms with Crippen LogP contribution >= 0.6 is 11.8 Å². The smallest absolute Gasteiger partial charge is 0.410 e. The second kappa shape index (κ2) is 13.5. The number of benzene rings is 3. The first-order chi connectivity index (χ1) is 22.2. The highest BCUT2D eigenvalue weighted by molar-refractivity contribution is 7.98. The molecule has 1 fully saturated rings. The molecule has 1 saturated heterocycles. The number of thioether (sulfide) groups is 1. The minimum absolute atomic E-state index is 0.224. The Morgan fingerprint density at radius 2 is 1.80 bits per heavy atom. The van der Waals surface area contributed by atoms with Gasteiger partial charge in [-0.3, -0.25) is 0 Å². The lowest BCUT2D eigenvalue weighted by Crippen LogP contribution is -2.56. The third kappa shape index (κ3) is 7.00. The maximum absolute atomic E-state index is 13.0. The number of amides is 1. The first kappa shape index (κ1) is 31.5. The van der Waals surface area contributed by atoms with Crippen LogP contribution in [0.25, 0.3) is 10.8 Å². The number of carbonyl (C=O) groups is 1. The van der Waals surface area contributed by atoms with Crippen LogP contribution in [0.5, 0.6) is 5.75 Å². The van der Waals surface area contributed by atoms with E-state index >= 15 is 0 Å². The molecule has 1 aromatic heterocycles. The molecule has 2 aliphatic rings. The summed E-state index contributed by atoms with van der Waals surface area (Å²) in [5.74, 6) is 1.74.